The molecule has 1 N–H and O–H groups in total. The molecule has 2 heterocycles. The summed E-state index contributed by atoms with van der Waals surface area (Å²) in [4.78, 5) is 29.7. The Bertz CT molecular complexity index is 927. The number of nitrogens with one attached hydrogen (secondary N) is 1. The Kier molecular flexibility index (Phi) is 5.24. The third-order valence-electron chi connectivity index (χ3n) is 5.85. The number of carbonyl (C=O) groups excluding carboxylic acids is 2. The van der Waals surface area contributed by atoms with Gasteiger partial charge in [-0.1, -0.05) is 24.3 Å². The number of amides is 2. The zero-order valence-electron chi connectivity index (χ0n) is 16.4. The second kappa shape index (κ2) is 7.83. The number of nitrogens with zero attached hydrogens (tertiary/aromatic N) is 2. The fourth-order valence-corrected chi connectivity index (χ4v) is 4.32. The van der Waals surface area contributed by atoms with Crippen LogP contribution in [0.2, 0.25) is 0 Å². The lowest BCUT2D eigenvalue weighted by atomic mass is 9.94. The maximum absolute atomic E-state index is 14.3. The number of carbonyl (C=O) groups is 2. The molecule has 7 heteroatoms. The number of piperidine rings is 1. The van der Waals surface area contributed by atoms with Gasteiger partial charge in [-0.2, -0.15) is 0 Å². The lowest BCUT2D eigenvalue weighted by molar-refractivity contribution is -0.132. The molecule has 0 bridgehead atoms. The molecule has 0 radical (unpaired) electrons. The Morgan fingerprint density at radius 3 is 2.66 bits per heavy atom. The lowest BCUT2D eigenvalue weighted by Crippen LogP contribution is -2.60. The number of hydrogen-bond donors (Lipinski definition) is 1. The van der Waals surface area contributed by atoms with Crippen molar-refractivity contribution in [2.45, 2.75) is 25.0 Å². The van der Waals surface area contributed by atoms with Crippen molar-refractivity contribution in [2.75, 3.05) is 26.7 Å². The van der Waals surface area contributed by atoms with Gasteiger partial charge in [-0.3, -0.25) is 9.59 Å². The van der Waals surface area contributed by atoms with Crippen molar-refractivity contribution in [3.63, 3.8) is 0 Å². The predicted octanol–water partition coefficient (Wildman–Crippen LogP) is 2.40. The van der Waals surface area contributed by atoms with Crippen LogP contribution in [0.4, 0.5) is 4.39 Å². The summed E-state index contributed by atoms with van der Waals surface area (Å²) in [5, 5.41) is 3.29. The molecule has 0 aliphatic carbocycles. The van der Waals surface area contributed by atoms with Crippen LogP contribution in [-0.2, 0) is 11.3 Å². The van der Waals surface area contributed by atoms with E-state index in [0.29, 0.717) is 42.8 Å². The van der Waals surface area contributed by atoms with E-state index in [1.165, 1.54) is 6.07 Å². The number of hydrogen-bond acceptors (Lipinski definition) is 4. The van der Waals surface area contributed by atoms with Gasteiger partial charge in [-0.05, 0) is 37.4 Å². The predicted molar refractivity (Wildman–Crippen MR) is 106 cm³/mol. The van der Waals surface area contributed by atoms with Crippen molar-refractivity contribution in [1.82, 2.24) is 15.1 Å². The molecule has 0 aromatic heterocycles. The first-order valence-corrected chi connectivity index (χ1v) is 9.76. The molecule has 0 saturated carbocycles. The van der Waals surface area contributed by atoms with Gasteiger partial charge in [-0.25, -0.2) is 4.39 Å². The van der Waals surface area contributed by atoms with E-state index in [-0.39, 0.29) is 30.7 Å². The van der Waals surface area contributed by atoms with Gasteiger partial charge in [0.05, 0.1) is 13.7 Å². The number of benzene rings is 2. The van der Waals surface area contributed by atoms with Gasteiger partial charge in [0, 0.05) is 24.0 Å². The Morgan fingerprint density at radius 2 is 1.93 bits per heavy atom. The molecule has 4 rings (SSSR count). The quantitative estimate of drug-likeness (QED) is 0.861. The Balaban J connectivity index is 1.69. The van der Waals surface area contributed by atoms with Gasteiger partial charge >= 0.3 is 0 Å². The summed E-state index contributed by atoms with van der Waals surface area (Å²) >= 11 is 0. The van der Waals surface area contributed by atoms with Crippen molar-refractivity contribution in [1.29, 1.82) is 0 Å². The largest absolute Gasteiger partial charge is 0.497 e. The van der Waals surface area contributed by atoms with E-state index in [4.69, 9.17) is 4.74 Å². The van der Waals surface area contributed by atoms with Crippen LogP contribution in [0.15, 0.2) is 48.5 Å². The Labute approximate surface area is 169 Å². The van der Waals surface area contributed by atoms with Crippen molar-refractivity contribution < 1.29 is 18.7 Å². The van der Waals surface area contributed by atoms with Crippen LogP contribution in [0.3, 0.4) is 0 Å². The first-order valence-electron chi connectivity index (χ1n) is 9.76. The molecule has 2 saturated heterocycles. The molecule has 0 unspecified atom stereocenters. The van der Waals surface area contributed by atoms with Crippen LogP contribution in [0.1, 0.15) is 28.8 Å². The summed E-state index contributed by atoms with van der Waals surface area (Å²) in [7, 11) is 1.55. The van der Waals surface area contributed by atoms with Gasteiger partial charge in [0.25, 0.3) is 5.91 Å². The highest BCUT2D eigenvalue weighted by Gasteiger charge is 2.53. The monoisotopic (exact) mass is 397 g/mol. The van der Waals surface area contributed by atoms with Crippen molar-refractivity contribution >= 4 is 11.8 Å². The fraction of sp³-hybridized carbons (Fsp3) is 0.364. The first-order chi connectivity index (χ1) is 14.0. The highest BCUT2D eigenvalue weighted by Crippen LogP contribution is 2.38. The topological polar surface area (TPSA) is 61.9 Å². The van der Waals surface area contributed by atoms with E-state index in [0.717, 1.165) is 0 Å². The summed E-state index contributed by atoms with van der Waals surface area (Å²) in [5.74, 6) is -0.132. The normalized spacial score (nSPS) is 18.3. The molecule has 29 heavy (non-hydrogen) atoms. The molecule has 2 aliphatic rings. The van der Waals surface area contributed by atoms with E-state index in [1.807, 2.05) is 0 Å². The average molecular weight is 397 g/mol. The van der Waals surface area contributed by atoms with Crippen molar-refractivity contribution in [2.24, 2.45) is 0 Å². The second-order valence-corrected chi connectivity index (χ2v) is 7.43. The molecular weight excluding hydrogens is 373 g/mol. The minimum absolute atomic E-state index is 0.00943. The number of ether oxygens (including phenoxy) is 1. The Morgan fingerprint density at radius 1 is 1.17 bits per heavy atom. The third kappa shape index (κ3) is 3.46. The number of methoxy groups -OCH3 is 1. The van der Waals surface area contributed by atoms with Gasteiger partial charge < -0.3 is 19.9 Å². The standard InChI is InChI=1S/C22H24FN3O3/c1-29-18-7-4-6-16(13-18)21(28)26-15-20(27)25(22(26)9-11-24-12-10-22)14-17-5-2-3-8-19(17)23/h2-8,13,24H,9-12,14-15H2,1H3. The highest BCUT2D eigenvalue weighted by molar-refractivity contribution is 5.99. The summed E-state index contributed by atoms with van der Waals surface area (Å²) in [6.07, 6.45) is 1.20. The van der Waals surface area contributed by atoms with Crippen molar-refractivity contribution in [3.8, 4) is 5.75 Å². The van der Waals surface area contributed by atoms with Crippen LogP contribution in [0.25, 0.3) is 0 Å². The molecule has 0 atom stereocenters. The molecule has 152 valence electrons. The van der Waals surface area contributed by atoms with E-state index in [1.54, 1.807) is 59.4 Å². The zero-order valence-corrected chi connectivity index (χ0v) is 16.4. The zero-order chi connectivity index (χ0) is 20.4. The van der Waals surface area contributed by atoms with E-state index in [2.05, 4.69) is 5.32 Å². The first kappa shape index (κ1) is 19.4. The van der Waals surface area contributed by atoms with Crippen LogP contribution in [-0.4, -0.2) is 54.0 Å². The van der Waals surface area contributed by atoms with Crippen LogP contribution < -0.4 is 10.1 Å². The molecule has 2 aromatic rings. The van der Waals surface area contributed by atoms with Crippen molar-refractivity contribution in [3.05, 3.63) is 65.5 Å². The summed E-state index contributed by atoms with van der Waals surface area (Å²) in [6.45, 7) is 1.50. The molecule has 2 fully saturated rings. The van der Waals surface area contributed by atoms with Crippen LogP contribution in [0, 0.1) is 5.82 Å². The van der Waals surface area contributed by atoms with E-state index >= 15 is 0 Å². The second-order valence-electron chi connectivity index (χ2n) is 7.43. The molecule has 2 aliphatic heterocycles. The molecular formula is C22H24FN3O3. The fourth-order valence-electron chi connectivity index (χ4n) is 4.32. The van der Waals surface area contributed by atoms with Gasteiger partial charge in [0.15, 0.2) is 0 Å². The maximum Gasteiger partial charge on any atom is 0.256 e. The minimum Gasteiger partial charge on any atom is -0.497 e. The molecule has 2 amide bonds. The van der Waals surface area contributed by atoms with Crippen LogP contribution in [0.5, 0.6) is 5.75 Å². The average Bonchev–Trinajstić information content (AvgIpc) is 3.01. The number of rotatable bonds is 4. The van der Waals surface area contributed by atoms with Gasteiger partial charge in [0.1, 0.15) is 23.8 Å². The Hall–Kier alpha value is -2.93. The highest BCUT2D eigenvalue weighted by atomic mass is 19.1. The van der Waals surface area contributed by atoms with Gasteiger partial charge in [0.2, 0.25) is 5.91 Å². The van der Waals surface area contributed by atoms with Crippen LogP contribution >= 0.6 is 0 Å². The molecule has 1 spiro atoms. The van der Waals surface area contributed by atoms with E-state index in [9.17, 15) is 14.0 Å². The van der Waals surface area contributed by atoms with Gasteiger partial charge in [-0.15, -0.1) is 0 Å². The molecule has 6 nitrogen and oxygen atoms in total. The minimum atomic E-state index is -0.759. The number of halogens is 1. The third-order valence-corrected chi connectivity index (χ3v) is 5.85. The lowest BCUT2D eigenvalue weighted by Gasteiger charge is -2.46. The summed E-state index contributed by atoms with van der Waals surface area (Å²) < 4.78 is 19.5. The summed E-state index contributed by atoms with van der Waals surface area (Å²) in [5.41, 5.74) is 0.169. The SMILES string of the molecule is COc1cccc(C(=O)N2CC(=O)N(Cc3ccccc3F)C23CCNCC3)c1. The van der Waals surface area contributed by atoms with E-state index < -0.39 is 5.66 Å². The summed E-state index contributed by atoms with van der Waals surface area (Å²) in [6, 6.07) is 13.4. The smallest absolute Gasteiger partial charge is 0.256 e. The maximum atomic E-state index is 14.3. The molecule has 2 aromatic carbocycles.